The van der Waals surface area contributed by atoms with Gasteiger partial charge in [-0.25, -0.2) is 14.6 Å². The zero-order valence-corrected chi connectivity index (χ0v) is 13.3. The second-order valence-electron chi connectivity index (χ2n) is 5.45. The number of hydrogen-bond donors (Lipinski definition) is 3. The number of aromatic amines is 1. The molecule has 0 unspecified atom stereocenters. The predicted octanol–water partition coefficient (Wildman–Crippen LogP) is 1.90. The van der Waals surface area contributed by atoms with Crippen molar-refractivity contribution in [2.24, 2.45) is 0 Å². The standard InChI is InChI=1S/C16H17N5O3/c1-21(2)14-7-10(5-6-17-14)9-18-15(22)19-11-3-4-13-12(8-11)20-16(23)24-13/h3-8H,9H2,1-2H3,(H,20,23)(H2,18,19,22). The van der Waals surface area contributed by atoms with Crippen LogP contribution in [0.2, 0.25) is 0 Å². The average molecular weight is 327 g/mol. The Hall–Kier alpha value is -3.29. The summed E-state index contributed by atoms with van der Waals surface area (Å²) in [6.07, 6.45) is 1.70. The molecule has 8 heteroatoms. The zero-order chi connectivity index (χ0) is 17.1. The molecule has 24 heavy (non-hydrogen) atoms. The molecule has 2 heterocycles. The fourth-order valence-corrected chi connectivity index (χ4v) is 2.20. The summed E-state index contributed by atoms with van der Waals surface area (Å²) in [4.78, 5) is 31.8. The van der Waals surface area contributed by atoms with Gasteiger partial charge in [0.1, 0.15) is 5.82 Å². The lowest BCUT2D eigenvalue weighted by Gasteiger charge is -2.12. The summed E-state index contributed by atoms with van der Waals surface area (Å²) < 4.78 is 4.91. The maximum atomic E-state index is 12.0. The molecule has 0 fully saturated rings. The quantitative estimate of drug-likeness (QED) is 0.679. The Kier molecular flexibility index (Phi) is 4.19. The van der Waals surface area contributed by atoms with Crippen molar-refractivity contribution in [1.29, 1.82) is 0 Å². The van der Waals surface area contributed by atoms with Crippen LogP contribution in [0, 0.1) is 0 Å². The van der Waals surface area contributed by atoms with Crippen LogP contribution in [-0.4, -0.2) is 30.1 Å². The molecule has 3 N–H and O–H groups in total. The van der Waals surface area contributed by atoms with Crippen LogP contribution in [0.4, 0.5) is 16.3 Å². The van der Waals surface area contributed by atoms with Crippen LogP contribution in [-0.2, 0) is 6.54 Å². The first-order valence-corrected chi connectivity index (χ1v) is 7.31. The van der Waals surface area contributed by atoms with E-state index in [9.17, 15) is 9.59 Å². The predicted molar refractivity (Wildman–Crippen MR) is 91.3 cm³/mol. The Labute approximate surface area is 137 Å². The Bertz CT molecular complexity index is 929. The second-order valence-corrected chi connectivity index (χ2v) is 5.45. The first kappa shape index (κ1) is 15.6. The van der Waals surface area contributed by atoms with Gasteiger partial charge >= 0.3 is 11.8 Å². The van der Waals surface area contributed by atoms with Crippen molar-refractivity contribution >= 4 is 28.6 Å². The van der Waals surface area contributed by atoms with E-state index in [4.69, 9.17) is 4.42 Å². The van der Waals surface area contributed by atoms with E-state index in [1.54, 1.807) is 24.4 Å². The van der Waals surface area contributed by atoms with Gasteiger partial charge in [0.25, 0.3) is 0 Å². The number of nitrogens with one attached hydrogen (secondary N) is 3. The lowest BCUT2D eigenvalue weighted by atomic mass is 10.2. The largest absolute Gasteiger partial charge is 0.417 e. The highest BCUT2D eigenvalue weighted by atomic mass is 16.4. The Morgan fingerprint density at radius 1 is 1.29 bits per heavy atom. The maximum Gasteiger partial charge on any atom is 0.417 e. The monoisotopic (exact) mass is 327 g/mol. The number of oxazole rings is 1. The minimum Gasteiger partial charge on any atom is -0.408 e. The van der Waals surface area contributed by atoms with Gasteiger partial charge in [0.15, 0.2) is 5.58 Å². The highest BCUT2D eigenvalue weighted by molar-refractivity contribution is 5.91. The molecule has 0 bridgehead atoms. The zero-order valence-electron chi connectivity index (χ0n) is 13.3. The lowest BCUT2D eigenvalue weighted by molar-refractivity contribution is 0.251. The van der Waals surface area contributed by atoms with Gasteiger partial charge in [-0.3, -0.25) is 4.98 Å². The van der Waals surface area contributed by atoms with Gasteiger partial charge in [0.05, 0.1) is 5.52 Å². The number of rotatable bonds is 4. The van der Waals surface area contributed by atoms with Gasteiger partial charge < -0.3 is 20.0 Å². The number of carbonyl (C=O) groups is 1. The van der Waals surface area contributed by atoms with E-state index in [2.05, 4.69) is 20.6 Å². The fraction of sp³-hybridized carbons (Fsp3) is 0.188. The Morgan fingerprint density at radius 2 is 2.12 bits per heavy atom. The number of benzene rings is 1. The minimum atomic E-state index is -0.527. The summed E-state index contributed by atoms with van der Waals surface area (Å²) in [6.45, 7) is 0.375. The number of pyridine rings is 1. The minimum absolute atomic E-state index is 0.344. The molecule has 2 aromatic heterocycles. The summed E-state index contributed by atoms with van der Waals surface area (Å²) in [5, 5.41) is 5.49. The van der Waals surface area contributed by atoms with Crippen LogP contribution in [0.1, 0.15) is 5.56 Å². The second kappa shape index (κ2) is 6.45. The molecule has 1 aromatic carbocycles. The summed E-state index contributed by atoms with van der Waals surface area (Å²) in [5.74, 6) is 0.296. The van der Waals surface area contributed by atoms with Crippen LogP contribution < -0.4 is 21.3 Å². The van der Waals surface area contributed by atoms with E-state index in [0.29, 0.717) is 23.3 Å². The number of H-pyrrole nitrogens is 1. The fourth-order valence-electron chi connectivity index (χ4n) is 2.20. The van der Waals surface area contributed by atoms with Crippen molar-refractivity contribution in [3.8, 4) is 0 Å². The average Bonchev–Trinajstić information content (AvgIpc) is 2.92. The number of aromatic nitrogens is 2. The molecule has 0 saturated carbocycles. The number of urea groups is 1. The van der Waals surface area contributed by atoms with Crippen molar-refractivity contribution in [1.82, 2.24) is 15.3 Å². The van der Waals surface area contributed by atoms with Gasteiger partial charge in [-0.05, 0) is 35.9 Å². The number of fused-ring (bicyclic) bond motifs is 1. The van der Waals surface area contributed by atoms with Crippen LogP contribution >= 0.6 is 0 Å². The first-order chi connectivity index (χ1) is 11.5. The van der Waals surface area contributed by atoms with Gasteiger partial charge in [-0.2, -0.15) is 0 Å². The van der Waals surface area contributed by atoms with Crippen molar-refractivity contribution in [3.63, 3.8) is 0 Å². The van der Waals surface area contributed by atoms with Crippen molar-refractivity contribution in [3.05, 3.63) is 52.6 Å². The van der Waals surface area contributed by atoms with Gasteiger partial charge in [0.2, 0.25) is 0 Å². The molecule has 3 rings (SSSR count). The van der Waals surface area contributed by atoms with Crippen molar-refractivity contribution < 1.29 is 9.21 Å². The number of nitrogens with zero attached hydrogens (tertiary/aromatic N) is 2. The normalized spacial score (nSPS) is 10.6. The molecule has 3 aromatic rings. The Morgan fingerprint density at radius 3 is 2.92 bits per heavy atom. The van der Waals surface area contributed by atoms with Crippen LogP contribution in [0.3, 0.4) is 0 Å². The third-order valence-corrected chi connectivity index (χ3v) is 3.40. The molecule has 0 spiro atoms. The summed E-state index contributed by atoms with van der Waals surface area (Å²) >= 11 is 0. The smallest absolute Gasteiger partial charge is 0.408 e. The number of anilines is 2. The molecule has 0 saturated heterocycles. The molecule has 0 radical (unpaired) electrons. The number of carbonyl (C=O) groups excluding carboxylic acids is 1. The van der Waals surface area contributed by atoms with E-state index in [-0.39, 0.29) is 6.03 Å². The first-order valence-electron chi connectivity index (χ1n) is 7.31. The van der Waals surface area contributed by atoms with E-state index >= 15 is 0 Å². The van der Waals surface area contributed by atoms with Crippen LogP contribution in [0.15, 0.2) is 45.7 Å². The molecule has 124 valence electrons. The third kappa shape index (κ3) is 3.54. The molecule has 0 aliphatic heterocycles. The van der Waals surface area contributed by atoms with Crippen molar-refractivity contribution in [2.45, 2.75) is 6.54 Å². The molecule has 2 amide bonds. The molecular formula is C16H17N5O3. The number of hydrogen-bond acceptors (Lipinski definition) is 5. The SMILES string of the molecule is CN(C)c1cc(CNC(=O)Nc2ccc3oc(=O)[nH]c3c2)ccn1. The highest BCUT2D eigenvalue weighted by Crippen LogP contribution is 2.16. The maximum absolute atomic E-state index is 12.0. The molecule has 8 nitrogen and oxygen atoms in total. The van der Waals surface area contributed by atoms with E-state index in [0.717, 1.165) is 11.4 Å². The Balaban J connectivity index is 1.62. The molecule has 0 atom stereocenters. The highest BCUT2D eigenvalue weighted by Gasteiger charge is 2.06. The van der Waals surface area contributed by atoms with E-state index in [1.807, 2.05) is 31.1 Å². The van der Waals surface area contributed by atoms with Crippen LogP contribution in [0.25, 0.3) is 11.1 Å². The van der Waals surface area contributed by atoms with Crippen molar-refractivity contribution in [2.75, 3.05) is 24.3 Å². The molecule has 0 aliphatic rings. The summed E-state index contributed by atoms with van der Waals surface area (Å²) in [5.41, 5.74) is 2.47. The summed E-state index contributed by atoms with van der Waals surface area (Å²) in [7, 11) is 3.81. The van der Waals surface area contributed by atoms with E-state index in [1.165, 1.54) is 0 Å². The lowest BCUT2D eigenvalue weighted by Crippen LogP contribution is -2.28. The van der Waals surface area contributed by atoms with E-state index < -0.39 is 5.76 Å². The molecule has 0 aliphatic carbocycles. The topological polar surface area (TPSA) is 103 Å². The third-order valence-electron chi connectivity index (χ3n) is 3.40. The van der Waals surface area contributed by atoms with Gasteiger partial charge in [-0.15, -0.1) is 0 Å². The molecular weight excluding hydrogens is 310 g/mol. The number of amides is 2. The van der Waals surface area contributed by atoms with Crippen LogP contribution in [0.5, 0.6) is 0 Å². The van der Waals surface area contributed by atoms with Gasteiger partial charge in [0, 0.05) is 32.5 Å². The van der Waals surface area contributed by atoms with Gasteiger partial charge in [-0.1, -0.05) is 0 Å². The summed E-state index contributed by atoms with van der Waals surface area (Å²) in [6, 6.07) is 8.32.